The van der Waals surface area contributed by atoms with Crippen molar-refractivity contribution >= 4 is 5.91 Å². The molecule has 4 rings (SSSR count). The van der Waals surface area contributed by atoms with Gasteiger partial charge in [-0.3, -0.25) is 4.79 Å². The quantitative estimate of drug-likeness (QED) is 0.699. The molecule has 0 spiro atoms. The summed E-state index contributed by atoms with van der Waals surface area (Å²) >= 11 is 0. The highest BCUT2D eigenvalue weighted by Crippen LogP contribution is 2.29. The average Bonchev–Trinajstić information content (AvgIpc) is 3.17. The Labute approximate surface area is 163 Å². The number of methoxy groups -OCH3 is 1. The predicted octanol–water partition coefficient (Wildman–Crippen LogP) is 3.48. The van der Waals surface area contributed by atoms with Crippen LogP contribution in [0.1, 0.15) is 44.9 Å². The van der Waals surface area contributed by atoms with Gasteiger partial charge in [-0.1, -0.05) is 42.5 Å². The van der Waals surface area contributed by atoms with Gasteiger partial charge in [0.2, 0.25) is 5.89 Å². The molecular formula is C22H19N3O3. The number of rotatable bonds is 4. The summed E-state index contributed by atoms with van der Waals surface area (Å²) in [6.07, 6.45) is 0.184. The van der Waals surface area contributed by atoms with Gasteiger partial charge >= 0.3 is 0 Å². The minimum atomic E-state index is -0.393. The molecular weight excluding hydrogens is 354 g/mol. The Morgan fingerprint density at radius 3 is 2.71 bits per heavy atom. The summed E-state index contributed by atoms with van der Waals surface area (Å²) in [4.78, 5) is 19.2. The SMILES string of the molecule is COC(c1ccccc1)c1nc2c(o1)CCN(C(=O)c1ccccc1C#N)C2. The zero-order valence-electron chi connectivity index (χ0n) is 15.5. The maximum absolute atomic E-state index is 12.9. The van der Waals surface area contributed by atoms with Gasteiger partial charge in [0, 0.05) is 20.1 Å². The number of benzene rings is 2. The topological polar surface area (TPSA) is 79.4 Å². The fraction of sp³-hybridized carbons (Fsp3) is 0.227. The van der Waals surface area contributed by atoms with Crippen molar-refractivity contribution < 1.29 is 13.9 Å². The van der Waals surface area contributed by atoms with Gasteiger partial charge in [-0.15, -0.1) is 0 Å². The lowest BCUT2D eigenvalue weighted by molar-refractivity contribution is 0.0726. The second-order valence-electron chi connectivity index (χ2n) is 6.58. The number of amides is 1. The van der Waals surface area contributed by atoms with Crippen molar-refractivity contribution in [1.82, 2.24) is 9.88 Å². The summed E-state index contributed by atoms with van der Waals surface area (Å²) in [6.45, 7) is 0.867. The van der Waals surface area contributed by atoms with Crippen LogP contribution in [0.3, 0.4) is 0 Å². The van der Waals surface area contributed by atoms with Crippen molar-refractivity contribution in [3.63, 3.8) is 0 Å². The lowest BCUT2D eigenvalue weighted by Crippen LogP contribution is -2.36. The van der Waals surface area contributed by atoms with Crippen molar-refractivity contribution in [2.24, 2.45) is 0 Å². The zero-order valence-corrected chi connectivity index (χ0v) is 15.5. The number of hydrogen-bond acceptors (Lipinski definition) is 5. The van der Waals surface area contributed by atoms with Crippen LogP contribution in [0.2, 0.25) is 0 Å². The number of aromatic nitrogens is 1. The number of nitriles is 1. The number of fused-ring (bicyclic) bond motifs is 1. The second kappa shape index (κ2) is 7.67. The van der Waals surface area contributed by atoms with E-state index in [1.165, 1.54) is 0 Å². The molecule has 1 amide bonds. The van der Waals surface area contributed by atoms with E-state index >= 15 is 0 Å². The molecule has 1 unspecified atom stereocenters. The van der Waals surface area contributed by atoms with Crippen LogP contribution in [-0.2, 0) is 17.7 Å². The van der Waals surface area contributed by atoms with Crippen molar-refractivity contribution in [2.45, 2.75) is 19.1 Å². The Balaban J connectivity index is 1.58. The van der Waals surface area contributed by atoms with Gasteiger partial charge in [0.05, 0.1) is 23.7 Å². The van der Waals surface area contributed by atoms with E-state index in [2.05, 4.69) is 11.1 Å². The van der Waals surface area contributed by atoms with E-state index in [4.69, 9.17) is 9.15 Å². The monoisotopic (exact) mass is 373 g/mol. The van der Waals surface area contributed by atoms with E-state index in [-0.39, 0.29) is 5.91 Å². The number of nitrogens with zero attached hydrogens (tertiary/aromatic N) is 3. The summed E-state index contributed by atoms with van der Waals surface area (Å²) in [7, 11) is 1.62. The van der Waals surface area contributed by atoms with E-state index in [1.54, 1.807) is 36.3 Å². The van der Waals surface area contributed by atoms with Crippen LogP contribution in [0, 0.1) is 11.3 Å². The molecule has 0 fully saturated rings. The van der Waals surface area contributed by atoms with Crippen LogP contribution in [0.15, 0.2) is 59.0 Å². The Hall–Kier alpha value is -3.43. The molecule has 0 bridgehead atoms. The highest BCUT2D eigenvalue weighted by molar-refractivity contribution is 5.96. The van der Waals surface area contributed by atoms with E-state index in [1.807, 2.05) is 30.3 Å². The van der Waals surface area contributed by atoms with E-state index < -0.39 is 6.10 Å². The van der Waals surface area contributed by atoms with Crippen LogP contribution in [-0.4, -0.2) is 29.4 Å². The van der Waals surface area contributed by atoms with Gasteiger partial charge in [0.15, 0.2) is 6.10 Å². The molecule has 2 heterocycles. The van der Waals surface area contributed by atoms with Crippen LogP contribution in [0.25, 0.3) is 0 Å². The number of carbonyl (C=O) groups is 1. The fourth-order valence-electron chi connectivity index (χ4n) is 3.45. The van der Waals surface area contributed by atoms with Gasteiger partial charge in [-0.05, 0) is 17.7 Å². The molecule has 1 aliphatic rings. The van der Waals surface area contributed by atoms with Gasteiger partial charge in [0.1, 0.15) is 11.5 Å². The molecule has 0 saturated heterocycles. The minimum Gasteiger partial charge on any atom is -0.442 e. The van der Waals surface area contributed by atoms with E-state index in [0.29, 0.717) is 36.5 Å². The Morgan fingerprint density at radius 1 is 1.21 bits per heavy atom. The molecule has 1 aromatic heterocycles. The third-order valence-corrected chi connectivity index (χ3v) is 4.87. The molecule has 0 saturated carbocycles. The first-order chi connectivity index (χ1) is 13.7. The van der Waals surface area contributed by atoms with E-state index in [9.17, 15) is 10.1 Å². The molecule has 1 atom stereocenters. The molecule has 0 radical (unpaired) electrons. The van der Waals surface area contributed by atoms with Crippen molar-refractivity contribution in [2.75, 3.05) is 13.7 Å². The Morgan fingerprint density at radius 2 is 1.96 bits per heavy atom. The van der Waals surface area contributed by atoms with Gasteiger partial charge in [0.25, 0.3) is 5.91 Å². The smallest absolute Gasteiger partial charge is 0.255 e. The maximum atomic E-state index is 12.9. The van der Waals surface area contributed by atoms with Crippen molar-refractivity contribution in [3.8, 4) is 6.07 Å². The summed E-state index contributed by atoms with van der Waals surface area (Å²) < 4.78 is 11.6. The molecule has 0 aliphatic carbocycles. The average molecular weight is 373 g/mol. The Kier molecular flexibility index (Phi) is 4.92. The number of hydrogen-bond donors (Lipinski definition) is 0. The molecule has 140 valence electrons. The van der Waals surface area contributed by atoms with Crippen molar-refractivity contribution in [1.29, 1.82) is 5.26 Å². The highest BCUT2D eigenvalue weighted by atomic mass is 16.5. The third kappa shape index (κ3) is 3.28. The van der Waals surface area contributed by atoms with Crippen LogP contribution < -0.4 is 0 Å². The molecule has 6 nitrogen and oxygen atoms in total. The Bertz CT molecular complexity index is 1040. The predicted molar refractivity (Wildman–Crippen MR) is 101 cm³/mol. The summed E-state index contributed by atoms with van der Waals surface area (Å²) in [5.74, 6) is 1.11. The van der Waals surface area contributed by atoms with Crippen LogP contribution in [0.4, 0.5) is 0 Å². The largest absolute Gasteiger partial charge is 0.442 e. The zero-order chi connectivity index (χ0) is 19.5. The molecule has 28 heavy (non-hydrogen) atoms. The second-order valence-corrected chi connectivity index (χ2v) is 6.58. The first kappa shape index (κ1) is 18.0. The van der Waals surface area contributed by atoms with Crippen molar-refractivity contribution in [3.05, 3.63) is 88.6 Å². The lowest BCUT2D eigenvalue weighted by atomic mass is 10.1. The highest BCUT2D eigenvalue weighted by Gasteiger charge is 2.29. The van der Waals surface area contributed by atoms with Gasteiger partial charge in [-0.2, -0.15) is 5.26 Å². The molecule has 6 heteroatoms. The maximum Gasteiger partial charge on any atom is 0.255 e. The number of ether oxygens (including phenoxy) is 1. The molecule has 0 N–H and O–H groups in total. The van der Waals surface area contributed by atoms with Gasteiger partial charge in [-0.25, -0.2) is 4.98 Å². The normalized spacial score (nSPS) is 14.2. The number of carbonyl (C=O) groups excluding carboxylic acids is 1. The van der Waals surface area contributed by atoms with E-state index in [0.717, 1.165) is 17.0 Å². The number of oxazole rings is 1. The summed E-state index contributed by atoms with van der Waals surface area (Å²) in [5.41, 5.74) is 2.49. The third-order valence-electron chi connectivity index (χ3n) is 4.87. The summed E-state index contributed by atoms with van der Waals surface area (Å²) in [5, 5.41) is 9.26. The molecule has 3 aromatic rings. The fourth-order valence-corrected chi connectivity index (χ4v) is 3.45. The molecule has 1 aliphatic heterocycles. The van der Waals surface area contributed by atoms with Gasteiger partial charge < -0.3 is 14.1 Å². The molecule has 2 aromatic carbocycles. The lowest BCUT2D eigenvalue weighted by Gasteiger charge is -2.25. The van der Waals surface area contributed by atoms with Crippen LogP contribution >= 0.6 is 0 Å². The standard InChI is InChI=1S/C22H19N3O3/c1-27-20(15-7-3-2-4-8-15)21-24-18-14-25(12-11-19(18)28-21)22(26)17-10-6-5-9-16(17)13-23/h2-10,20H,11-12,14H2,1H3. The minimum absolute atomic E-state index is 0.168. The summed E-state index contributed by atoms with van der Waals surface area (Å²) in [6, 6.07) is 18.7. The first-order valence-electron chi connectivity index (χ1n) is 9.06. The first-order valence-corrected chi connectivity index (χ1v) is 9.06. The van der Waals surface area contributed by atoms with Crippen LogP contribution in [0.5, 0.6) is 0 Å².